The van der Waals surface area contributed by atoms with Gasteiger partial charge in [0.25, 0.3) is 5.91 Å². The molecule has 12 nitrogen and oxygen atoms in total. The molecule has 0 saturated carbocycles. The number of rotatable bonds is 7. The quantitative estimate of drug-likeness (QED) is 0.128. The van der Waals surface area contributed by atoms with Crippen molar-refractivity contribution >= 4 is 39.8 Å². The summed E-state index contributed by atoms with van der Waals surface area (Å²) in [5, 5.41) is 19.5. The summed E-state index contributed by atoms with van der Waals surface area (Å²) in [6.07, 6.45) is 1.35. The summed E-state index contributed by atoms with van der Waals surface area (Å²) in [7, 11) is 0. The van der Waals surface area contributed by atoms with E-state index in [-0.39, 0.29) is 28.8 Å². The summed E-state index contributed by atoms with van der Waals surface area (Å²) < 4.78 is 12.0. The van der Waals surface area contributed by atoms with E-state index in [9.17, 15) is 9.59 Å². The second-order valence-corrected chi connectivity index (χ2v) is 8.59. The number of hydrazone groups is 1. The van der Waals surface area contributed by atoms with Gasteiger partial charge in [0.2, 0.25) is 11.6 Å². The predicted octanol–water partition coefficient (Wildman–Crippen LogP) is 3.65. The van der Waals surface area contributed by atoms with Crippen LogP contribution in [-0.4, -0.2) is 43.4 Å². The maximum Gasteiger partial charge on any atom is 0.343 e. The fourth-order valence-electron chi connectivity index (χ4n) is 3.41. The van der Waals surface area contributed by atoms with Gasteiger partial charge in [0.1, 0.15) is 11.4 Å². The van der Waals surface area contributed by atoms with Gasteiger partial charge in [-0.2, -0.15) is 9.78 Å². The van der Waals surface area contributed by atoms with Crippen LogP contribution in [0.15, 0.2) is 93.1 Å². The second kappa shape index (κ2) is 10.8. The van der Waals surface area contributed by atoms with Crippen molar-refractivity contribution in [3.05, 3.63) is 100 Å². The highest BCUT2D eigenvalue weighted by molar-refractivity contribution is 9.10. The largest absolute Gasteiger partial charge is 0.422 e. The van der Waals surface area contributed by atoms with Gasteiger partial charge in [-0.3, -0.25) is 4.79 Å². The number of nitrogens with two attached hydrogens (primary N) is 1. The van der Waals surface area contributed by atoms with Crippen LogP contribution in [0, 0.1) is 0 Å². The molecule has 0 aliphatic heterocycles. The highest BCUT2D eigenvalue weighted by atomic mass is 79.9. The van der Waals surface area contributed by atoms with E-state index in [0.29, 0.717) is 21.2 Å². The Labute approximate surface area is 223 Å². The van der Waals surface area contributed by atoms with E-state index in [1.54, 1.807) is 72.8 Å². The minimum absolute atomic E-state index is 0.00212. The molecule has 38 heavy (non-hydrogen) atoms. The number of amides is 1. The van der Waals surface area contributed by atoms with Gasteiger partial charge in [-0.1, -0.05) is 69.7 Å². The van der Waals surface area contributed by atoms with Crippen LogP contribution in [0.4, 0.5) is 5.82 Å². The topological polar surface area (TPSA) is 163 Å². The van der Waals surface area contributed by atoms with Gasteiger partial charge in [0, 0.05) is 15.6 Å². The van der Waals surface area contributed by atoms with Crippen LogP contribution < -0.4 is 15.9 Å². The van der Waals surface area contributed by atoms with Crippen LogP contribution in [0.3, 0.4) is 0 Å². The maximum atomic E-state index is 13.3. The summed E-state index contributed by atoms with van der Waals surface area (Å²) in [4.78, 5) is 25.8. The van der Waals surface area contributed by atoms with Gasteiger partial charge in [0.15, 0.2) is 5.69 Å². The number of esters is 1. The van der Waals surface area contributed by atoms with Crippen molar-refractivity contribution in [1.82, 2.24) is 30.7 Å². The Kier molecular flexibility index (Phi) is 6.99. The SMILES string of the molecule is Nc1nonc1-n1nnc(-c2ccccc2)c1C(=O)N/N=C\c1ccc(Br)cc1OC(=O)c1ccccc1. The Morgan fingerprint density at radius 3 is 2.47 bits per heavy atom. The van der Waals surface area contributed by atoms with Crippen molar-refractivity contribution < 1.29 is 19.0 Å². The number of anilines is 1. The van der Waals surface area contributed by atoms with E-state index in [2.05, 4.69) is 51.7 Å². The fraction of sp³-hybridized carbons (Fsp3) is 0. The van der Waals surface area contributed by atoms with Crippen molar-refractivity contribution in [2.45, 2.75) is 0 Å². The first-order valence-electron chi connectivity index (χ1n) is 11.0. The zero-order valence-electron chi connectivity index (χ0n) is 19.4. The molecule has 2 heterocycles. The number of carbonyl (C=O) groups is 2. The van der Waals surface area contributed by atoms with Gasteiger partial charge in [-0.25, -0.2) is 14.8 Å². The number of nitrogens with zero attached hydrogens (tertiary/aromatic N) is 6. The molecule has 0 bridgehead atoms. The second-order valence-electron chi connectivity index (χ2n) is 7.67. The molecule has 0 fully saturated rings. The molecule has 0 saturated heterocycles. The first-order chi connectivity index (χ1) is 18.5. The molecule has 5 rings (SSSR count). The van der Waals surface area contributed by atoms with Crippen LogP contribution in [0.2, 0.25) is 0 Å². The van der Waals surface area contributed by atoms with Gasteiger partial charge in [0.05, 0.1) is 11.8 Å². The minimum Gasteiger partial charge on any atom is -0.422 e. The van der Waals surface area contributed by atoms with E-state index in [1.165, 1.54) is 6.21 Å². The molecular formula is C25H17BrN8O4. The lowest BCUT2D eigenvalue weighted by molar-refractivity contribution is 0.0734. The minimum atomic E-state index is -0.660. The summed E-state index contributed by atoms with van der Waals surface area (Å²) in [6, 6.07) is 22.6. The van der Waals surface area contributed by atoms with Crippen molar-refractivity contribution in [2.75, 3.05) is 5.73 Å². The van der Waals surface area contributed by atoms with Crippen molar-refractivity contribution in [1.29, 1.82) is 0 Å². The summed E-state index contributed by atoms with van der Waals surface area (Å²) in [6.45, 7) is 0. The van der Waals surface area contributed by atoms with Crippen LogP contribution >= 0.6 is 15.9 Å². The molecule has 188 valence electrons. The Hall–Kier alpha value is -5.17. The summed E-state index contributed by atoms with van der Waals surface area (Å²) in [5.74, 6) is -1.04. The van der Waals surface area contributed by atoms with Crippen LogP contribution in [0.25, 0.3) is 17.1 Å². The third-order valence-corrected chi connectivity index (χ3v) is 5.68. The number of benzene rings is 3. The Balaban J connectivity index is 1.42. The summed E-state index contributed by atoms with van der Waals surface area (Å²) in [5.41, 5.74) is 9.99. The number of hydrogen-bond acceptors (Lipinski definition) is 10. The van der Waals surface area contributed by atoms with Crippen molar-refractivity contribution in [3.8, 4) is 22.8 Å². The van der Waals surface area contributed by atoms with Crippen molar-refractivity contribution in [2.24, 2.45) is 5.10 Å². The highest BCUT2D eigenvalue weighted by Crippen LogP contribution is 2.25. The monoisotopic (exact) mass is 572 g/mol. The lowest BCUT2D eigenvalue weighted by Crippen LogP contribution is -2.22. The molecule has 3 aromatic carbocycles. The Bertz CT molecular complexity index is 1630. The van der Waals surface area contributed by atoms with Crippen LogP contribution in [0.5, 0.6) is 5.75 Å². The molecule has 0 radical (unpaired) electrons. The molecule has 5 aromatic rings. The Morgan fingerprint density at radius 2 is 1.76 bits per heavy atom. The fourth-order valence-corrected chi connectivity index (χ4v) is 3.75. The average Bonchev–Trinajstić information content (AvgIpc) is 3.57. The molecule has 0 spiro atoms. The van der Waals surface area contributed by atoms with E-state index < -0.39 is 11.9 Å². The van der Waals surface area contributed by atoms with Crippen molar-refractivity contribution in [3.63, 3.8) is 0 Å². The predicted molar refractivity (Wildman–Crippen MR) is 140 cm³/mol. The van der Waals surface area contributed by atoms with Gasteiger partial charge >= 0.3 is 5.97 Å². The first kappa shape index (κ1) is 24.5. The number of carbonyl (C=O) groups excluding carboxylic acids is 2. The molecule has 0 aliphatic rings. The molecule has 3 N–H and O–H groups in total. The molecule has 0 atom stereocenters. The van der Waals surface area contributed by atoms with E-state index in [4.69, 9.17) is 10.5 Å². The van der Waals surface area contributed by atoms with Crippen LogP contribution in [0.1, 0.15) is 26.4 Å². The third-order valence-electron chi connectivity index (χ3n) is 5.19. The number of nitrogen functional groups attached to an aromatic ring is 1. The van der Waals surface area contributed by atoms with E-state index in [0.717, 1.165) is 4.68 Å². The molecule has 2 aromatic heterocycles. The average molecular weight is 573 g/mol. The zero-order valence-corrected chi connectivity index (χ0v) is 20.9. The van der Waals surface area contributed by atoms with Gasteiger partial charge in [-0.15, -0.1) is 5.10 Å². The van der Waals surface area contributed by atoms with E-state index in [1.807, 2.05) is 6.07 Å². The zero-order chi connectivity index (χ0) is 26.5. The lowest BCUT2D eigenvalue weighted by Gasteiger charge is -2.08. The highest BCUT2D eigenvalue weighted by Gasteiger charge is 2.26. The van der Waals surface area contributed by atoms with Crippen LogP contribution in [-0.2, 0) is 0 Å². The third kappa shape index (κ3) is 5.17. The number of nitrogens with one attached hydrogen (secondary N) is 1. The van der Waals surface area contributed by atoms with Gasteiger partial charge in [-0.05, 0) is 40.6 Å². The number of halogens is 1. The summed E-state index contributed by atoms with van der Waals surface area (Å²) >= 11 is 3.37. The molecule has 13 heteroatoms. The Morgan fingerprint density at radius 1 is 1.03 bits per heavy atom. The normalized spacial score (nSPS) is 11.0. The number of ether oxygens (including phenoxy) is 1. The maximum absolute atomic E-state index is 13.3. The molecule has 0 aliphatic carbocycles. The molecule has 0 unspecified atom stereocenters. The lowest BCUT2D eigenvalue weighted by atomic mass is 10.1. The molecular weight excluding hydrogens is 556 g/mol. The van der Waals surface area contributed by atoms with Gasteiger partial charge < -0.3 is 10.5 Å². The molecule has 1 amide bonds. The van der Waals surface area contributed by atoms with E-state index >= 15 is 0 Å². The number of hydrogen-bond donors (Lipinski definition) is 2. The number of aromatic nitrogens is 5. The first-order valence-corrected chi connectivity index (χ1v) is 11.8. The smallest absolute Gasteiger partial charge is 0.343 e. The standard InChI is InChI=1S/C25H17BrN8O4/c26-18-12-11-17(19(13-18)37-25(36)16-9-5-2-6-10-16)14-28-30-24(35)21-20(15-7-3-1-4-8-15)29-33-34(21)23-22(27)31-38-32-23/h1-14H,(H2,27,31)(H,30,35)/b28-14-.